The lowest BCUT2D eigenvalue weighted by atomic mass is 9.96. The third-order valence-electron chi connectivity index (χ3n) is 2.48. The average Bonchev–Trinajstić information content (AvgIpc) is 2.15. The number of hydrogen-bond donors (Lipinski definition) is 1. The third-order valence-corrected chi connectivity index (χ3v) is 2.48. The molecule has 0 atom stereocenters. The lowest BCUT2D eigenvalue weighted by Crippen LogP contribution is -2.14. The topological polar surface area (TPSA) is 29.3 Å². The maximum atomic E-state index is 5.88. The minimum Gasteiger partial charge on any atom is -0.399 e. The molecule has 0 saturated carbocycles. The standard InChI is InChI=1S/C13H20N2/c1-6-10-7-11(14)8-12(9(2)3)13(10)15(4)5/h6-9H,1,14H2,2-5H3. The third kappa shape index (κ3) is 2.32. The van der Waals surface area contributed by atoms with E-state index in [0.29, 0.717) is 5.92 Å². The van der Waals surface area contributed by atoms with Gasteiger partial charge < -0.3 is 10.6 Å². The van der Waals surface area contributed by atoms with Gasteiger partial charge >= 0.3 is 0 Å². The van der Waals surface area contributed by atoms with Crippen LogP contribution < -0.4 is 10.6 Å². The molecule has 1 aromatic carbocycles. The number of hydrogen-bond acceptors (Lipinski definition) is 2. The zero-order valence-electron chi connectivity index (χ0n) is 10.0. The van der Waals surface area contributed by atoms with E-state index in [9.17, 15) is 0 Å². The second kappa shape index (κ2) is 4.39. The van der Waals surface area contributed by atoms with Crippen molar-refractivity contribution in [2.75, 3.05) is 24.7 Å². The number of nitrogens with two attached hydrogens (primary N) is 1. The van der Waals surface area contributed by atoms with Crippen LogP contribution in [0.1, 0.15) is 30.9 Å². The number of nitrogens with zero attached hydrogens (tertiary/aromatic N) is 1. The molecule has 0 heterocycles. The van der Waals surface area contributed by atoms with Crippen LogP contribution in [0.3, 0.4) is 0 Å². The normalized spacial score (nSPS) is 10.5. The molecule has 0 fully saturated rings. The summed E-state index contributed by atoms with van der Waals surface area (Å²) >= 11 is 0. The molecule has 0 aromatic heterocycles. The molecule has 0 unspecified atom stereocenters. The molecule has 15 heavy (non-hydrogen) atoms. The molecule has 2 N–H and O–H groups in total. The zero-order valence-corrected chi connectivity index (χ0v) is 10.0. The molecule has 0 aliphatic rings. The molecule has 82 valence electrons. The molecular formula is C13H20N2. The molecule has 0 aliphatic carbocycles. The molecule has 0 amide bonds. The Labute approximate surface area is 92.4 Å². The number of benzene rings is 1. The van der Waals surface area contributed by atoms with E-state index < -0.39 is 0 Å². The molecular weight excluding hydrogens is 184 g/mol. The van der Waals surface area contributed by atoms with Crippen LogP contribution in [0.2, 0.25) is 0 Å². The van der Waals surface area contributed by atoms with E-state index in [2.05, 4.69) is 25.3 Å². The van der Waals surface area contributed by atoms with Crippen molar-refractivity contribution in [1.82, 2.24) is 0 Å². The highest BCUT2D eigenvalue weighted by molar-refractivity contribution is 5.74. The van der Waals surface area contributed by atoms with Crippen molar-refractivity contribution in [3.05, 3.63) is 29.8 Å². The molecule has 0 spiro atoms. The molecule has 2 nitrogen and oxygen atoms in total. The van der Waals surface area contributed by atoms with Crippen LogP contribution in [-0.4, -0.2) is 14.1 Å². The monoisotopic (exact) mass is 204 g/mol. The van der Waals surface area contributed by atoms with Gasteiger partial charge in [-0.15, -0.1) is 0 Å². The van der Waals surface area contributed by atoms with Crippen LogP contribution in [0.25, 0.3) is 6.08 Å². The fraction of sp³-hybridized carbons (Fsp3) is 0.385. The Balaban J connectivity index is 3.47. The zero-order chi connectivity index (χ0) is 11.6. The summed E-state index contributed by atoms with van der Waals surface area (Å²) in [5, 5.41) is 0. The van der Waals surface area contributed by atoms with Gasteiger partial charge in [-0.1, -0.05) is 26.5 Å². The van der Waals surface area contributed by atoms with Gasteiger partial charge in [0.05, 0.1) is 0 Å². The fourth-order valence-corrected chi connectivity index (χ4v) is 1.82. The van der Waals surface area contributed by atoms with Crippen molar-refractivity contribution in [2.24, 2.45) is 0 Å². The molecule has 1 aromatic rings. The number of rotatable bonds is 3. The Morgan fingerprint density at radius 2 is 1.93 bits per heavy atom. The minimum atomic E-state index is 0.463. The summed E-state index contributed by atoms with van der Waals surface area (Å²) in [5.41, 5.74) is 10.3. The lowest BCUT2D eigenvalue weighted by Gasteiger charge is -2.23. The molecule has 0 aliphatic heterocycles. The Morgan fingerprint density at radius 3 is 2.33 bits per heavy atom. The molecule has 1 rings (SSSR count). The second-order valence-corrected chi connectivity index (χ2v) is 4.30. The minimum absolute atomic E-state index is 0.463. The van der Waals surface area contributed by atoms with Crippen LogP contribution >= 0.6 is 0 Å². The van der Waals surface area contributed by atoms with E-state index in [0.717, 1.165) is 11.3 Å². The first-order valence-electron chi connectivity index (χ1n) is 5.20. The van der Waals surface area contributed by atoms with E-state index in [1.165, 1.54) is 11.3 Å². The number of anilines is 2. The van der Waals surface area contributed by atoms with Crippen molar-refractivity contribution < 1.29 is 0 Å². The summed E-state index contributed by atoms with van der Waals surface area (Å²) in [6, 6.07) is 4.02. The molecule has 2 heteroatoms. The first kappa shape index (κ1) is 11.6. The fourth-order valence-electron chi connectivity index (χ4n) is 1.82. The smallest absolute Gasteiger partial charge is 0.0471 e. The van der Waals surface area contributed by atoms with Crippen LogP contribution in [0.4, 0.5) is 11.4 Å². The van der Waals surface area contributed by atoms with Crippen LogP contribution in [-0.2, 0) is 0 Å². The summed E-state index contributed by atoms with van der Waals surface area (Å²) in [5.74, 6) is 0.463. The van der Waals surface area contributed by atoms with Gasteiger partial charge in [-0.25, -0.2) is 0 Å². The lowest BCUT2D eigenvalue weighted by molar-refractivity contribution is 0.858. The van der Waals surface area contributed by atoms with Gasteiger partial charge in [0.2, 0.25) is 0 Å². The van der Waals surface area contributed by atoms with E-state index in [-0.39, 0.29) is 0 Å². The summed E-state index contributed by atoms with van der Waals surface area (Å²) in [6.07, 6.45) is 1.86. The Morgan fingerprint density at radius 1 is 1.33 bits per heavy atom. The maximum absolute atomic E-state index is 5.88. The van der Waals surface area contributed by atoms with Crippen molar-refractivity contribution in [3.63, 3.8) is 0 Å². The van der Waals surface area contributed by atoms with Gasteiger partial charge in [-0.05, 0) is 29.2 Å². The summed E-state index contributed by atoms with van der Waals surface area (Å²) in [7, 11) is 4.09. The Bertz CT molecular complexity index is 365. The van der Waals surface area contributed by atoms with Gasteiger partial charge in [0, 0.05) is 25.5 Å². The molecule has 0 saturated heterocycles. The summed E-state index contributed by atoms with van der Waals surface area (Å²) in [6.45, 7) is 8.18. The first-order chi connectivity index (χ1) is 6.97. The van der Waals surface area contributed by atoms with Crippen LogP contribution in [0.5, 0.6) is 0 Å². The van der Waals surface area contributed by atoms with Crippen molar-refractivity contribution in [1.29, 1.82) is 0 Å². The van der Waals surface area contributed by atoms with Crippen molar-refractivity contribution in [3.8, 4) is 0 Å². The maximum Gasteiger partial charge on any atom is 0.0471 e. The quantitative estimate of drug-likeness (QED) is 0.767. The predicted octanol–water partition coefficient (Wildman–Crippen LogP) is 3.10. The van der Waals surface area contributed by atoms with E-state index in [1.807, 2.05) is 32.3 Å². The van der Waals surface area contributed by atoms with E-state index in [1.54, 1.807) is 0 Å². The van der Waals surface area contributed by atoms with Gasteiger partial charge in [0.25, 0.3) is 0 Å². The second-order valence-electron chi connectivity index (χ2n) is 4.30. The average molecular weight is 204 g/mol. The van der Waals surface area contributed by atoms with Gasteiger partial charge in [-0.2, -0.15) is 0 Å². The van der Waals surface area contributed by atoms with Crippen LogP contribution in [0, 0.1) is 0 Å². The van der Waals surface area contributed by atoms with Crippen molar-refractivity contribution in [2.45, 2.75) is 19.8 Å². The van der Waals surface area contributed by atoms with Gasteiger partial charge in [-0.3, -0.25) is 0 Å². The summed E-state index contributed by atoms with van der Waals surface area (Å²) in [4.78, 5) is 2.12. The van der Waals surface area contributed by atoms with Crippen LogP contribution in [0.15, 0.2) is 18.7 Å². The Hall–Kier alpha value is -1.44. The van der Waals surface area contributed by atoms with Crippen molar-refractivity contribution >= 4 is 17.5 Å². The van der Waals surface area contributed by atoms with E-state index >= 15 is 0 Å². The largest absolute Gasteiger partial charge is 0.399 e. The van der Waals surface area contributed by atoms with E-state index in [4.69, 9.17) is 5.73 Å². The summed E-state index contributed by atoms with van der Waals surface area (Å²) < 4.78 is 0. The molecule has 0 bridgehead atoms. The molecule has 0 radical (unpaired) electrons. The highest BCUT2D eigenvalue weighted by Gasteiger charge is 2.12. The highest BCUT2D eigenvalue weighted by atomic mass is 15.1. The van der Waals surface area contributed by atoms with Gasteiger partial charge in [0.1, 0.15) is 0 Å². The van der Waals surface area contributed by atoms with Gasteiger partial charge in [0.15, 0.2) is 0 Å². The Kier molecular flexibility index (Phi) is 3.40. The predicted molar refractivity (Wildman–Crippen MR) is 69.4 cm³/mol. The highest BCUT2D eigenvalue weighted by Crippen LogP contribution is 2.32. The SMILES string of the molecule is C=Cc1cc(N)cc(C(C)C)c1N(C)C. The number of nitrogen functional groups attached to an aromatic ring is 1. The first-order valence-corrected chi connectivity index (χ1v) is 5.20.